The molecule has 1 saturated heterocycles. The van der Waals surface area contributed by atoms with E-state index in [0.29, 0.717) is 16.8 Å². The number of thiazole rings is 1. The third kappa shape index (κ3) is 2.56. The van der Waals surface area contributed by atoms with Crippen LogP contribution in [-0.2, 0) is 14.3 Å². The van der Waals surface area contributed by atoms with Crippen LogP contribution in [0.3, 0.4) is 0 Å². The average Bonchev–Trinajstić information content (AvgIpc) is 2.98. The number of aliphatic hydroxyl groups is 1. The van der Waals surface area contributed by atoms with Crippen molar-refractivity contribution in [3.63, 3.8) is 0 Å². The first kappa shape index (κ1) is 14.9. The van der Waals surface area contributed by atoms with E-state index in [-0.39, 0.29) is 17.4 Å². The van der Waals surface area contributed by atoms with Gasteiger partial charge in [-0.3, -0.25) is 14.2 Å². The third-order valence-electron chi connectivity index (χ3n) is 3.30. The van der Waals surface area contributed by atoms with Gasteiger partial charge in [-0.05, 0) is 0 Å². The summed E-state index contributed by atoms with van der Waals surface area (Å²) in [6.07, 6.45) is -0.293. The molecule has 2 aromatic rings. The summed E-state index contributed by atoms with van der Waals surface area (Å²) in [5.74, 6) is -0.460. The quantitative estimate of drug-likeness (QED) is 0.732. The van der Waals surface area contributed by atoms with Gasteiger partial charge in [0.15, 0.2) is 11.9 Å². The number of nitrogens with zero attached hydrogens (tertiary/aromatic N) is 3. The predicted molar refractivity (Wildman–Crippen MR) is 77.3 cm³/mol. The normalized spacial score (nSPS) is 24.7. The molecule has 1 aliphatic rings. The maximum atomic E-state index is 12.3. The summed E-state index contributed by atoms with van der Waals surface area (Å²) in [5.41, 5.74) is 5.89. The average molecular weight is 326 g/mol. The van der Waals surface area contributed by atoms with Crippen molar-refractivity contribution in [2.45, 2.75) is 31.8 Å². The van der Waals surface area contributed by atoms with Crippen LogP contribution in [0.15, 0.2) is 11.0 Å². The van der Waals surface area contributed by atoms with Gasteiger partial charge >= 0.3 is 10.8 Å². The number of ether oxygens (including phenoxy) is 2. The Bertz CT molecular complexity index is 772. The van der Waals surface area contributed by atoms with Gasteiger partial charge in [-0.1, -0.05) is 11.3 Å². The summed E-state index contributed by atoms with van der Waals surface area (Å²) in [6.45, 7) is 1.04. The lowest BCUT2D eigenvalue weighted by Crippen LogP contribution is -2.30. The summed E-state index contributed by atoms with van der Waals surface area (Å²) in [7, 11) is 0. The summed E-state index contributed by atoms with van der Waals surface area (Å²) < 4.78 is 12.7. The van der Waals surface area contributed by atoms with Crippen LogP contribution in [0, 0.1) is 0 Å². The maximum absolute atomic E-state index is 12.3. The minimum Gasteiger partial charge on any atom is -0.458 e. The molecule has 9 nitrogen and oxygen atoms in total. The van der Waals surface area contributed by atoms with Crippen molar-refractivity contribution < 1.29 is 19.4 Å². The van der Waals surface area contributed by atoms with Crippen LogP contribution in [0.25, 0.3) is 10.3 Å². The summed E-state index contributed by atoms with van der Waals surface area (Å²) >= 11 is 0.948. The van der Waals surface area contributed by atoms with E-state index in [4.69, 9.17) is 15.2 Å². The molecular weight excluding hydrogens is 312 g/mol. The molecule has 1 fully saturated rings. The lowest BCUT2D eigenvalue weighted by Gasteiger charge is -2.19. The Labute approximate surface area is 128 Å². The van der Waals surface area contributed by atoms with Crippen LogP contribution in [-0.4, -0.2) is 44.4 Å². The molecule has 1 aliphatic heterocycles. The van der Waals surface area contributed by atoms with Crippen molar-refractivity contribution in [1.29, 1.82) is 0 Å². The van der Waals surface area contributed by atoms with Gasteiger partial charge < -0.3 is 20.3 Å². The van der Waals surface area contributed by atoms with Gasteiger partial charge in [-0.15, -0.1) is 0 Å². The van der Waals surface area contributed by atoms with Crippen molar-refractivity contribution in [2.75, 3.05) is 12.3 Å². The number of rotatable bonds is 3. The van der Waals surface area contributed by atoms with Gasteiger partial charge in [0.05, 0.1) is 23.6 Å². The second-order valence-corrected chi connectivity index (χ2v) is 5.86. The van der Waals surface area contributed by atoms with E-state index in [9.17, 15) is 14.7 Å². The number of hydrogen-bond donors (Lipinski definition) is 2. The molecule has 0 saturated carbocycles. The number of hydrogen-bond acceptors (Lipinski definition) is 9. The van der Waals surface area contributed by atoms with Crippen LogP contribution < -0.4 is 10.6 Å². The van der Waals surface area contributed by atoms with Crippen molar-refractivity contribution in [3.05, 3.63) is 15.9 Å². The molecule has 10 heteroatoms. The molecule has 3 atom stereocenters. The monoisotopic (exact) mass is 326 g/mol. The molecule has 0 spiro atoms. The number of fused-ring (bicyclic) bond motifs is 1. The number of nitrogen functional groups attached to an aromatic ring is 1. The van der Waals surface area contributed by atoms with E-state index in [1.165, 1.54) is 17.7 Å². The first-order valence-electron chi connectivity index (χ1n) is 6.56. The number of esters is 1. The van der Waals surface area contributed by atoms with Gasteiger partial charge in [0.1, 0.15) is 6.10 Å². The predicted octanol–water partition coefficient (Wildman–Crippen LogP) is -0.353. The van der Waals surface area contributed by atoms with Crippen LogP contribution in [0.4, 0.5) is 5.95 Å². The van der Waals surface area contributed by atoms with Gasteiger partial charge in [-0.2, -0.15) is 4.98 Å². The molecule has 3 rings (SSSR count). The Balaban J connectivity index is 2.08. The molecule has 3 N–H and O–H groups in total. The van der Waals surface area contributed by atoms with Crippen molar-refractivity contribution in [2.24, 2.45) is 0 Å². The lowest BCUT2D eigenvalue weighted by atomic mass is 10.2. The van der Waals surface area contributed by atoms with E-state index in [0.717, 1.165) is 11.3 Å². The summed E-state index contributed by atoms with van der Waals surface area (Å²) in [6, 6.07) is 0. The number of nitrogens with two attached hydrogens (primary N) is 1. The number of carbonyl (C=O) groups is 1. The molecule has 118 valence electrons. The molecule has 22 heavy (non-hydrogen) atoms. The SMILES string of the molecule is CC(=O)O[C@H]1C[C@H](CO)O[C@@H]1n1c(=O)sc2cnc(N)nc21. The smallest absolute Gasteiger partial charge is 0.311 e. The molecule has 0 unspecified atom stereocenters. The zero-order valence-corrected chi connectivity index (χ0v) is 12.4. The van der Waals surface area contributed by atoms with Crippen LogP contribution >= 0.6 is 11.3 Å². The molecule has 3 heterocycles. The van der Waals surface area contributed by atoms with E-state index < -0.39 is 24.4 Å². The molecule has 0 radical (unpaired) electrons. The summed E-state index contributed by atoms with van der Waals surface area (Å²) in [5, 5.41) is 9.26. The molecule has 0 aliphatic carbocycles. The highest BCUT2D eigenvalue weighted by atomic mass is 32.1. The van der Waals surface area contributed by atoms with Crippen LogP contribution in [0.5, 0.6) is 0 Å². The number of aromatic nitrogens is 3. The fraction of sp³-hybridized carbons (Fsp3) is 0.500. The Hall–Kier alpha value is -2.04. The van der Waals surface area contributed by atoms with Crippen molar-refractivity contribution in [1.82, 2.24) is 14.5 Å². The topological polar surface area (TPSA) is 130 Å². The molecular formula is C12H14N4O5S. The Morgan fingerprint density at radius 1 is 1.68 bits per heavy atom. The first-order valence-corrected chi connectivity index (χ1v) is 7.38. The molecule has 0 aromatic carbocycles. The van der Waals surface area contributed by atoms with Gasteiger partial charge in [0.25, 0.3) is 0 Å². The van der Waals surface area contributed by atoms with Crippen LogP contribution in [0.1, 0.15) is 19.6 Å². The van der Waals surface area contributed by atoms with E-state index >= 15 is 0 Å². The minimum atomic E-state index is -0.850. The number of aliphatic hydroxyl groups excluding tert-OH is 1. The van der Waals surface area contributed by atoms with E-state index in [1.807, 2.05) is 0 Å². The van der Waals surface area contributed by atoms with Gasteiger partial charge in [0, 0.05) is 13.3 Å². The highest BCUT2D eigenvalue weighted by molar-refractivity contribution is 7.16. The van der Waals surface area contributed by atoms with Gasteiger partial charge in [-0.25, -0.2) is 4.98 Å². The molecule has 0 amide bonds. The van der Waals surface area contributed by atoms with E-state index in [1.54, 1.807) is 0 Å². The second-order valence-electron chi connectivity index (χ2n) is 4.87. The fourth-order valence-electron chi connectivity index (χ4n) is 2.45. The Morgan fingerprint density at radius 2 is 2.45 bits per heavy atom. The fourth-order valence-corrected chi connectivity index (χ4v) is 3.27. The summed E-state index contributed by atoms with van der Waals surface area (Å²) in [4.78, 5) is 31.1. The first-order chi connectivity index (χ1) is 10.5. The standard InChI is InChI=1S/C12H14N4O5S/c1-5(18)20-7-2-6(4-17)21-10(7)16-9-8(22-12(16)19)3-14-11(13)15-9/h3,6-7,10,17H,2,4H2,1H3,(H2,13,14,15)/t6-,7+,10+/m1/s1. The third-order valence-corrected chi connectivity index (χ3v) is 4.18. The number of carbonyl (C=O) groups excluding carboxylic acids is 1. The van der Waals surface area contributed by atoms with E-state index in [2.05, 4.69) is 9.97 Å². The number of anilines is 1. The van der Waals surface area contributed by atoms with Crippen LogP contribution in [0.2, 0.25) is 0 Å². The van der Waals surface area contributed by atoms with Crippen molar-refractivity contribution >= 4 is 33.6 Å². The zero-order chi connectivity index (χ0) is 15.9. The second kappa shape index (κ2) is 5.63. The highest BCUT2D eigenvalue weighted by Gasteiger charge is 2.40. The molecule has 0 bridgehead atoms. The lowest BCUT2D eigenvalue weighted by molar-refractivity contribution is -0.152. The zero-order valence-electron chi connectivity index (χ0n) is 11.6. The largest absolute Gasteiger partial charge is 0.458 e. The molecule has 2 aromatic heterocycles. The Morgan fingerprint density at radius 3 is 3.14 bits per heavy atom. The van der Waals surface area contributed by atoms with Gasteiger partial charge in [0.2, 0.25) is 5.95 Å². The minimum absolute atomic E-state index is 0.0276. The highest BCUT2D eigenvalue weighted by Crippen LogP contribution is 2.33. The van der Waals surface area contributed by atoms with Crippen molar-refractivity contribution in [3.8, 4) is 0 Å². The maximum Gasteiger partial charge on any atom is 0.311 e. The Kier molecular flexibility index (Phi) is 3.81.